The average Bonchev–Trinajstić information content (AvgIpc) is 3.17. The van der Waals surface area contributed by atoms with Crippen LogP contribution < -0.4 is 16.4 Å². The maximum absolute atomic E-state index is 13.3. The summed E-state index contributed by atoms with van der Waals surface area (Å²) in [6.45, 7) is 6.49. The third-order valence-corrected chi connectivity index (χ3v) is 6.76. The molecular weight excluding hydrogens is 491 g/mol. The number of hydrogen-bond acceptors (Lipinski definition) is 4. The summed E-state index contributed by atoms with van der Waals surface area (Å²) in [7, 11) is 0. The molecule has 8 nitrogen and oxygen atoms in total. The lowest BCUT2D eigenvalue weighted by Gasteiger charge is -2.28. The summed E-state index contributed by atoms with van der Waals surface area (Å²) in [4.78, 5) is 53.7. The molecule has 0 unspecified atom stereocenters. The van der Waals surface area contributed by atoms with Gasteiger partial charge in [0.05, 0.1) is 11.1 Å². The SMILES string of the molecule is CC(C)(C)C[C@H](NC(=O)c1cc2c(Cl)cc(Cl)cc2[nH]1)C(=O)C[C@@H](C[C@@H]1CCCNC1=O)C(N)=O. The summed E-state index contributed by atoms with van der Waals surface area (Å²) in [6, 6.07) is 4.02. The van der Waals surface area contributed by atoms with Crippen LogP contribution in [0, 0.1) is 17.3 Å². The Hall–Kier alpha value is -2.58. The van der Waals surface area contributed by atoms with E-state index in [-0.39, 0.29) is 41.6 Å². The lowest BCUT2D eigenvalue weighted by Crippen LogP contribution is -2.45. The van der Waals surface area contributed by atoms with E-state index in [4.69, 9.17) is 28.9 Å². The minimum Gasteiger partial charge on any atom is -0.369 e. The number of primary amides is 1. The first-order chi connectivity index (χ1) is 16.3. The average molecular weight is 523 g/mol. The first-order valence-corrected chi connectivity index (χ1v) is 12.5. The number of H-pyrrole nitrogens is 1. The molecule has 190 valence electrons. The highest BCUT2D eigenvalue weighted by Gasteiger charge is 2.33. The van der Waals surface area contributed by atoms with Crippen LogP contribution in [0.3, 0.4) is 0 Å². The van der Waals surface area contributed by atoms with E-state index in [2.05, 4.69) is 15.6 Å². The molecule has 3 rings (SSSR count). The molecule has 3 atom stereocenters. The number of piperidine rings is 1. The fraction of sp³-hybridized carbons (Fsp3) is 0.520. The van der Waals surface area contributed by atoms with Gasteiger partial charge in [-0.2, -0.15) is 0 Å². The molecule has 1 aromatic carbocycles. The maximum Gasteiger partial charge on any atom is 0.268 e. The number of hydrogen-bond donors (Lipinski definition) is 4. The highest BCUT2D eigenvalue weighted by molar-refractivity contribution is 6.38. The minimum absolute atomic E-state index is 0.118. The maximum atomic E-state index is 13.3. The summed E-state index contributed by atoms with van der Waals surface area (Å²) in [6.07, 6.45) is 1.90. The van der Waals surface area contributed by atoms with Crippen molar-refractivity contribution in [1.29, 1.82) is 0 Å². The molecule has 0 radical (unpaired) electrons. The molecule has 5 N–H and O–H groups in total. The number of fused-ring (bicyclic) bond motifs is 1. The number of carbonyl (C=O) groups excluding carboxylic acids is 4. The molecule has 10 heteroatoms. The second kappa shape index (κ2) is 11.0. The van der Waals surface area contributed by atoms with E-state index in [1.807, 2.05) is 20.8 Å². The van der Waals surface area contributed by atoms with Crippen molar-refractivity contribution in [2.75, 3.05) is 6.54 Å². The number of halogens is 2. The summed E-state index contributed by atoms with van der Waals surface area (Å²) in [5.41, 5.74) is 6.16. The zero-order valence-electron chi connectivity index (χ0n) is 20.2. The second-order valence-electron chi connectivity index (χ2n) is 10.5. The van der Waals surface area contributed by atoms with Crippen LogP contribution in [0.4, 0.5) is 0 Å². The molecule has 0 spiro atoms. The zero-order chi connectivity index (χ0) is 25.9. The number of nitrogens with one attached hydrogen (secondary N) is 3. The van der Waals surface area contributed by atoms with Gasteiger partial charge in [-0.3, -0.25) is 19.2 Å². The van der Waals surface area contributed by atoms with Crippen molar-refractivity contribution < 1.29 is 19.2 Å². The Morgan fingerprint density at radius 3 is 2.54 bits per heavy atom. The molecule has 3 amide bonds. The van der Waals surface area contributed by atoms with Crippen molar-refractivity contribution in [2.45, 2.75) is 58.9 Å². The number of amides is 3. The molecule has 1 saturated heterocycles. The van der Waals surface area contributed by atoms with Crippen molar-refractivity contribution in [3.05, 3.63) is 33.9 Å². The second-order valence-corrected chi connectivity index (χ2v) is 11.3. The molecule has 1 aliphatic rings. The Kier molecular flexibility index (Phi) is 8.49. The van der Waals surface area contributed by atoms with Crippen molar-refractivity contribution in [1.82, 2.24) is 15.6 Å². The summed E-state index contributed by atoms with van der Waals surface area (Å²) < 4.78 is 0. The first kappa shape index (κ1) is 27.0. The number of Topliss-reactive ketones (excluding diaryl/α,β-unsaturated/α-hetero) is 1. The van der Waals surface area contributed by atoms with E-state index in [0.717, 1.165) is 6.42 Å². The van der Waals surface area contributed by atoms with Crippen LogP contribution in [0.15, 0.2) is 18.2 Å². The van der Waals surface area contributed by atoms with Gasteiger partial charge in [0.25, 0.3) is 5.91 Å². The third kappa shape index (κ3) is 7.21. The third-order valence-electron chi connectivity index (χ3n) is 6.23. The number of carbonyl (C=O) groups is 4. The van der Waals surface area contributed by atoms with Crippen molar-refractivity contribution >= 4 is 57.6 Å². The lowest BCUT2D eigenvalue weighted by molar-refractivity contribution is -0.132. The van der Waals surface area contributed by atoms with E-state index in [9.17, 15) is 19.2 Å². The van der Waals surface area contributed by atoms with E-state index in [0.29, 0.717) is 40.3 Å². The Morgan fingerprint density at radius 1 is 1.20 bits per heavy atom. The Morgan fingerprint density at radius 2 is 1.91 bits per heavy atom. The number of aromatic amines is 1. The molecule has 1 aromatic heterocycles. The highest BCUT2D eigenvalue weighted by atomic mass is 35.5. The molecule has 2 aromatic rings. The van der Waals surface area contributed by atoms with Crippen LogP contribution in [0.25, 0.3) is 10.9 Å². The van der Waals surface area contributed by atoms with Gasteiger partial charge in [0.15, 0.2) is 5.78 Å². The first-order valence-electron chi connectivity index (χ1n) is 11.7. The summed E-state index contributed by atoms with van der Waals surface area (Å²) >= 11 is 12.3. The lowest BCUT2D eigenvalue weighted by atomic mass is 9.81. The molecule has 0 aliphatic carbocycles. The Bertz CT molecular complexity index is 1140. The topological polar surface area (TPSA) is 134 Å². The highest BCUT2D eigenvalue weighted by Crippen LogP contribution is 2.29. The smallest absolute Gasteiger partial charge is 0.268 e. The van der Waals surface area contributed by atoms with Gasteiger partial charge in [-0.05, 0) is 49.3 Å². The largest absolute Gasteiger partial charge is 0.369 e. The predicted molar refractivity (Wildman–Crippen MR) is 136 cm³/mol. The van der Waals surface area contributed by atoms with Crippen molar-refractivity contribution in [3.63, 3.8) is 0 Å². The Balaban J connectivity index is 1.77. The molecule has 2 heterocycles. The van der Waals surface area contributed by atoms with Gasteiger partial charge < -0.3 is 21.4 Å². The standard InChI is InChI=1S/C25H32Cl2N4O4/c1-25(2,3)12-20(21(32)8-14(22(28)33)7-13-5-4-6-29-23(13)34)31-24(35)19-11-16-17(27)9-15(26)10-18(16)30-19/h9-11,13-14,20,30H,4-8,12H2,1-3H3,(H2,28,33)(H,29,34)(H,31,35)/t13-,14+,20-/m0/s1. The fourth-order valence-electron chi connectivity index (χ4n) is 4.47. The molecule has 1 fully saturated rings. The molecule has 0 saturated carbocycles. The Labute approximate surface area is 214 Å². The van der Waals surface area contributed by atoms with Gasteiger partial charge in [-0.15, -0.1) is 0 Å². The van der Waals surface area contributed by atoms with E-state index < -0.39 is 23.8 Å². The van der Waals surface area contributed by atoms with Crippen LogP contribution in [-0.4, -0.2) is 41.1 Å². The number of ketones is 1. The summed E-state index contributed by atoms with van der Waals surface area (Å²) in [5, 5.41) is 7.08. The van der Waals surface area contributed by atoms with Crippen LogP contribution in [0.2, 0.25) is 10.0 Å². The quantitative estimate of drug-likeness (QED) is 0.396. The van der Waals surface area contributed by atoms with Gasteiger partial charge in [0.2, 0.25) is 11.8 Å². The predicted octanol–water partition coefficient (Wildman–Crippen LogP) is 3.99. The number of nitrogens with two attached hydrogens (primary N) is 1. The minimum atomic E-state index is -0.838. The van der Waals surface area contributed by atoms with Gasteiger partial charge in [-0.1, -0.05) is 44.0 Å². The zero-order valence-corrected chi connectivity index (χ0v) is 21.7. The van der Waals surface area contributed by atoms with Gasteiger partial charge in [0, 0.05) is 40.7 Å². The molecular formula is C25H32Cl2N4O4. The van der Waals surface area contributed by atoms with Crippen molar-refractivity contribution in [3.8, 4) is 0 Å². The molecule has 1 aliphatic heterocycles. The van der Waals surface area contributed by atoms with E-state index in [1.54, 1.807) is 18.2 Å². The van der Waals surface area contributed by atoms with Crippen LogP contribution >= 0.6 is 23.2 Å². The molecule has 35 heavy (non-hydrogen) atoms. The number of rotatable bonds is 9. The van der Waals surface area contributed by atoms with Crippen LogP contribution in [0.5, 0.6) is 0 Å². The monoisotopic (exact) mass is 522 g/mol. The van der Waals surface area contributed by atoms with Crippen molar-refractivity contribution in [2.24, 2.45) is 23.0 Å². The summed E-state index contributed by atoms with van der Waals surface area (Å²) in [5.74, 6) is -2.66. The van der Waals surface area contributed by atoms with Gasteiger partial charge >= 0.3 is 0 Å². The van der Waals surface area contributed by atoms with E-state index in [1.165, 1.54) is 0 Å². The van der Waals surface area contributed by atoms with Crippen LogP contribution in [0.1, 0.15) is 63.4 Å². The normalized spacial score (nSPS) is 18.1. The van der Waals surface area contributed by atoms with Gasteiger partial charge in [0.1, 0.15) is 5.69 Å². The molecule has 0 bridgehead atoms. The van der Waals surface area contributed by atoms with Crippen LogP contribution in [-0.2, 0) is 14.4 Å². The number of aromatic nitrogens is 1. The van der Waals surface area contributed by atoms with E-state index >= 15 is 0 Å². The number of benzene rings is 1. The van der Waals surface area contributed by atoms with Gasteiger partial charge in [-0.25, -0.2) is 0 Å². The fourth-order valence-corrected chi connectivity index (χ4v) is 5.01.